The third-order valence-electron chi connectivity index (χ3n) is 4.54. The third-order valence-corrected chi connectivity index (χ3v) is 6.83. The Labute approximate surface area is 143 Å². The average Bonchev–Trinajstić information content (AvgIpc) is 2.62. The molecule has 2 nitrogen and oxygen atoms in total. The molecule has 3 aromatic rings. The number of rotatable bonds is 2. The zero-order valence-corrected chi connectivity index (χ0v) is 14.4. The van der Waals surface area contributed by atoms with Crippen LogP contribution in [0.25, 0.3) is 0 Å². The predicted molar refractivity (Wildman–Crippen MR) is 99.3 cm³/mol. The van der Waals surface area contributed by atoms with E-state index in [1.165, 1.54) is 5.56 Å². The van der Waals surface area contributed by atoms with Crippen molar-refractivity contribution >= 4 is 15.4 Å². The van der Waals surface area contributed by atoms with E-state index in [9.17, 15) is 4.21 Å². The molecule has 120 valence electrons. The van der Waals surface area contributed by atoms with E-state index >= 15 is 0 Å². The maximum Gasteiger partial charge on any atom is 0.0810 e. The van der Waals surface area contributed by atoms with Crippen molar-refractivity contribution in [3.63, 3.8) is 0 Å². The Kier molecular flexibility index (Phi) is 3.73. The number of nitrogens with zero attached hydrogens (tertiary/aromatic N) is 1. The summed E-state index contributed by atoms with van der Waals surface area (Å²) < 4.78 is 18.4. The van der Waals surface area contributed by atoms with Crippen LogP contribution in [0.4, 0.5) is 5.69 Å². The summed E-state index contributed by atoms with van der Waals surface area (Å²) in [7, 11) is -2.47. The number of hydrogen-bond donors (Lipinski definition) is 0. The van der Waals surface area contributed by atoms with Gasteiger partial charge in [0.05, 0.1) is 15.4 Å². The topological polar surface area (TPSA) is 29.4 Å². The molecule has 24 heavy (non-hydrogen) atoms. The van der Waals surface area contributed by atoms with Gasteiger partial charge in [0, 0.05) is 16.6 Å². The zero-order chi connectivity index (χ0) is 16.6. The molecule has 0 saturated heterocycles. The van der Waals surface area contributed by atoms with Crippen molar-refractivity contribution in [2.75, 3.05) is 5.75 Å². The van der Waals surface area contributed by atoms with Crippen molar-refractivity contribution in [1.82, 2.24) is 0 Å². The molecule has 3 heteroatoms. The molecule has 0 amide bonds. The summed E-state index contributed by atoms with van der Waals surface area (Å²) in [5.41, 5.74) is 4.37. The Bertz CT molecular complexity index is 984. The molecule has 2 atom stereocenters. The predicted octanol–water partition coefficient (Wildman–Crippen LogP) is 5.30. The SMILES string of the molecule is Cc1ccc([S@]2(=O)=Nc3ccccc3[C@@H](c3ccccc3)C2)cc1. The minimum Gasteiger partial charge on any atom is -0.244 e. The summed E-state index contributed by atoms with van der Waals surface area (Å²) in [6, 6.07) is 26.3. The largest absolute Gasteiger partial charge is 0.244 e. The number of aryl methyl sites for hydroxylation is 1. The maximum atomic E-state index is 13.7. The molecule has 0 saturated carbocycles. The van der Waals surface area contributed by atoms with Crippen LogP contribution in [0, 0.1) is 6.92 Å². The van der Waals surface area contributed by atoms with E-state index < -0.39 is 9.73 Å². The van der Waals surface area contributed by atoms with Crippen molar-refractivity contribution in [3.8, 4) is 0 Å². The Morgan fingerprint density at radius 3 is 2.29 bits per heavy atom. The summed E-state index contributed by atoms with van der Waals surface area (Å²) in [4.78, 5) is 0.823. The summed E-state index contributed by atoms with van der Waals surface area (Å²) in [6.45, 7) is 2.04. The van der Waals surface area contributed by atoms with Crippen molar-refractivity contribution in [2.24, 2.45) is 4.36 Å². The maximum absolute atomic E-state index is 13.7. The lowest BCUT2D eigenvalue weighted by Gasteiger charge is -2.26. The van der Waals surface area contributed by atoms with Crippen molar-refractivity contribution < 1.29 is 4.21 Å². The van der Waals surface area contributed by atoms with Crippen molar-refractivity contribution in [1.29, 1.82) is 0 Å². The van der Waals surface area contributed by atoms with Gasteiger partial charge in [0.2, 0.25) is 0 Å². The summed E-state index contributed by atoms with van der Waals surface area (Å²) in [5, 5.41) is 0. The lowest BCUT2D eigenvalue weighted by molar-refractivity contribution is 0.670. The molecule has 0 radical (unpaired) electrons. The highest BCUT2D eigenvalue weighted by Crippen LogP contribution is 2.40. The Balaban J connectivity index is 1.91. The second kappa shape index (κ2) is 5.91. The molecule has 0 aliphatic carbocycles. The van der Waals surface area contributed by atoms with Gasteiger partial charge in [0.25, 0.3) is 0 Å². The second-order valence-corrected chi connectivity index (χ2v) is 8.50. The van der Waals surface area contributed by atoms with Gasteiger partial charge in [-0.25, -0.2) is 4.21 Å². The second-order valence-electron chi connectivity index (χ2n) is 6.23. The van der Waals surface area contributed by atoms with Crippen LogP contribution in [0.5, 0.6) is 0 Å². The Morgan fingerprint density at radius 1 is 0.875 bits per heavy atom. The van der Waals surface area contributed by atoms with Crippen molar-refractivity contribution in [2.45, 2.75) is 17.7 Å². The zero-order valence-electron chi connectivity index (χ0n) is 13.6. The van der Waals surface area contributed by atoms with Gasteiger partial charge in [-0.05, 0) is 36.2 Å². The first-order valence-electron chi connectivity index (χ1n) is 8.11. The van der Waals surface area contributed by atoms with Crippen LogP contribution in [0.1, 0.15) is 22.6 Å². The number of hydrogen-bond acceptors (Lipinski definition) is 2. The van der Waals surface area contributed by atoms with Crippen LogP contribution < -0.4 is 0 Å². The standard InChI is InChI=1S/C21H19NOS/c1-16-11-13-18(14-12-16)24(23)15-20(17-7-3-2-4-8-17)19-9-5-6-10-21(19)22-24/h2-14,20H,15H2,1H3/t20-,24+/m1/s1. The van der Waals surface area contributed by atoms with E-state index in [2.05, 4.69) is 22.6 Å². The van der Waals surface area contributed by atoms with Gasteiger partial charge in [0.15, 0.2) is 0 Å². The minimum atomic E-state index is -2.47. The lowest BCUT2D eigenvalue weighted by Crippen LogP contribution is -2.19. The molecule has 0 spiro atoms. The van der Waals surface area contributed by atoms with Gasteiger partial charge in [-0.15, -0.1) is 0 Å². The number of fused-ring (bicyclic) bond motifs is 1. The molecule has 1 aliphatic rings. The molecule has 1 heterocycles. The van der Waals surface area contributed by atoms with E-state index in [-0.39, 0.29) is 5.92 Å². The fourth-order valence-corrected chi connectivity index (χ4v) is 5.48. The van der Waals surface area contributed by atoms with Crippen LogP contribution in [0.3, 0.4) is 0 Å². The van der Waals surface area contributed by atoms with E-state index in [4.69, 9.17) is 0 Å². The molecule has 0 fully saturated rings. The minimum absolute atomic E-state index is 0.105. The smallest absolute Gasteiger partial charge is 0.0810 e. The van der Waals surface area contributed by atoms with Gasteiger partial charge < -0.3 is 0 Å². The quantitative estimate of drug-likeness (QED) is 0.626. The Hall–Kier alpha value is -2.39. The first kappa shape index (κ1) is 15.2. The van der Waals surface area contributed by atoms with E-state index in [0.29, 0.717) is 5.75 Å². The highest BCUT2D eigenvalue weighted by Gasteiger charge is 2.29. The van der Waals surface area contributed by atoms with Gasteiger partial charge in [-0.1, -0.05) is 66.2 Å². The summed E-state index contributed by atoms with van der Waals surface area (Å²) in [5.74, 6) is 0.630. The van der Waals surface area contributed by atoms with Crippen LogP contribution in [-0.4, -0.2) is 9.96 Å². The van der Waals surface area contributed by atoms with Gasteiger partial charge >= 0.3 is 0 Å². The molecule has 1 aliphatic heterocycles. The van der Waals surface area contributed by atoms with Gasteiger partial charge in [-0.3, -0.25) is 0 Å². The molecule has 0 bridgehead atoms. The normalized spacial score (nSPS) is 22.5. The average molecular weight is 333 g/mol. The Morgan fingerprint density at radius 2 is 1.54 bits per heavy atom. The molecule has 4 rings (SSSR count). The first-order chi connectivity index (χ1) is 11.7. The number of benzene rings is 3. The molecule has 0 N–H and O–H groups in total. The first-order valence-corrected chi connectivity index (χ1v) is 9.79. The molecule has 0 aromatic heterocycles. The lowest BCUT2D eigenvalue weighted by atomic mass is 9.92. The fraction of sp³-hybridized carbons (Fsp3) is 0.143. The van der Waals surface area contributed by atoms with Crippen molar-refractivity contribution in [3.05, 3.63) is 95.6 Å². The molecular formula is C21H19NOS. The summed E-state index contributed by atoms with van der Waals surface area (Å²) in [6.07, 6.45) is 0. The third kappa shape index (κ3) is 2.65. The fourth-order valence-electron chi connectivity index (χ4n) is 3.24. The van der Waals surface area contributed by atoms with Gasteiger partial charge in [0.1, 0.15) is 0 Å². The van der Waals surface area contributed by atoms with Crippen LogP contribution in [0.2, 0.25) is 0 Å². The molecule has 0 unspecified atom stereocenters. The summed E-state index contributed by atoms with van der Waals surface area (Å²) >= 11 is 0. The molecule has 3 aromatic carbocycles. The van der Waals surface area contributed by atoms with Crippen LogP contribution in [-0.2, 0) is 9.73 Å². The molecular weight excluding hydrogens is 314 g/mol. The van der Waals surface area contributed by atoms with Gasteiger partial charge in [-0.2, -0.15) is 4.36 Å². The van der Waals surface area contributed by atoms with Crippen LogP contribution in [0.15, 0.2) is 88.1 Å². The monoisotopic (exact) mass is 333 g/mol. The van der Waals surface area contributed by atoms with E-state index in [1.54, 1.807) is 0 Å². The highest BCUT2D eigenvalue weighted by atomic mass is 32.2. The van der Waals surface area contributed by atoms with E-state index in [1.807, 2.05) is 67.6 Å². The highest BCUT2D eigenvalue weighted by molar-refractivity contribution is 7.93. The van der Waals surface area contributed by atoms with E-state index in [0.717, 1.165) is 21.7 Å². The van der Waals surface area contributed by atoms with Crippen LogP contribution >= 0.6 is 0 Å².